The van der Waals surface area contributed by atoms with Crippen LogP contribution < -0.4 is 5.32 Å². The summed E-state index contributed by atoms with van der Waals surface area (Å²) in [6.07, 6.45) is 2.59. The van der Waals surface area contributed by atoms with Gasteiger partial charge in [0.05, 0.1) is 11.8 Å². The molecular formula is C18H14F3N3O2. The minimum Gasteiger partial charge on any atom is -0.350 e. The first kappa shape index (κ1) is 17.7. The van der Waals surface area contributed by atoms with Crippen LogP contribution in [0.4, 0.5) is 13.2 Å². The summed E-state index contributed by atoms with van der Waals surface area (Å²) >= 11 is 0. The Labute approximate surface area is 146 Å². The van der Waals surface area contributed by atoms with Gasteiger partial charge in [0.15, 0.2) is 17.4 Å². The van der Waals surface area contributed by atoms with Gasteiger partial charge in [-0.1, -0.05) is 18.2 Å². The number of hydrogen-bond donors (Lipinski definition) is 2. The minimum absolute atomic E-state index is 0.160. The van der Waals surface area contributed by atoms with E-state index < -0.39 is 34.6 Å². The number of benzene rings is 2. The van der Waals surface area contributed by atoms with E-state index in [9.17, 15) is 18.0 Å². The van der Waals surface area contributed by atoms with Crippen molar-refractivity contribution in [1.82, 2.24) is 15.5 Å². The van der Waals surface area contributed by atoms with Crippen molar-refractivity contribution >= 4 is 5.91 Å². The Balaban J connectivity index is 2.17. The van der Waals surface area contributed by atoms with Crippen LogP contribution in [0.2, 0.25) is 0 Å². The number of methoxy groups -OCH3 is 1. The van der Waals surface area contributed by atoms with E-state index in [0.29, 0.717) is 6.07 Å². The zero-order valence-electron chi connectivity index (χ0n) is 13.6. The lowest BCUT2D eigenvalue weighted by molar-refractivity contribution is -0.00810. The van der Waals surface area contributed by atoms with Crippen molar-refractivity contribution in [2.24, 2.45) is 0 Å². The number of H-pyrrole nitrogens is 1. The largest absolute Gasteiger partial charge is 0.350 e. The monoisotopic (exact) mass is 361 g/mol. The standard InChI is InChI=1S/C18H14F3N3O2/c1-26-18(12-9-22-23-10-12,14-7-13(19)8-15(20)16(14)21)24-17(25)11-5-3-2-4-6-11/h2-10H,1H3,(H,22,23)(H,24,25). The Morgan fingerprint density at radius 2 is 1.92 bits per heavy atom. The number of rotatable bonds is 5. The highest BCUT2D eigenvalue weighted by Gasteiger charge is 2.41. The van der Waals surface area contributed by atoms with Gasteiger partial charge in [-0.25, -0.2) is 13.2 Å². The molecule has 26 heavy (non-hydrogen) atoms. The molecule has 0 saturated heterocycles. The molecule has 1 atom stereocenters. The Morgan fingerprint density at radius 1 is 1.19 bits per heavy atom. The number of aromatic nitrogens is 2. The van der Waals surface area contributed by atoms with Crippen LogP contribution in [0.25, 0.3) is 0 Å². The number of nitrogens with zero attached hydrogens (tertiary/aromatic N) is 1. The van der Waals surface area contributed by atoms with Gasteiger partial charge in [-0.2, -0.15) is 5.10 Å². The molecule has 0 saturated carbocycles. The number of halogens is 3. The van der Waals surface area contributed by atoms with E-state index >= 15 is 0 Å². The van der Waals surface area contributed by atoms with Crippen LogP contribution in [0.5, 0.6) is 0 Å². The SMILES string of the molecule is COC(NC(=O)c1ccccc1)(c1cn[nH]c1)c1cc(F)cc(F)c1F. The maximum Gasteiger partial charge on any atom is 0.254 e. The summed E-state index contributed by atoms with van der Waals surface area (Å²) in [6.45, 7) is 0. The first-order valence-corrected chi connectivity index (χ1v) is 7.55. The van der Waals surface area contributed by atoms with Gasteiger partial charge in [0.1, 0.15) is 5.82 Å². The van der Waals surface area contributed by atoms with Gasteiger partial charge in [0.25, 0.3) is 5.91 Å². The Bertz CT molecular complexity index is 917. The van der Waals surface area contributed by atoms with E-state index in [1.807, 2.05) is 0 Å². The lowest BCUT2D eigenvalue weighted by atomic mass is 9.95. The van der Waals surface area contributed by atoms with Gasteiger partial charge in [-0.15, -0.1) is 0 Å². The second-order valence-corrected chi connectivity index (χ2v) is 5.44. The van der Waals surface area contributed by atoms with Crippen molar-refractivity contribution in [2.45, 2.75) is 5.72 Å². The molecule has 1 aromatic heterocycles. The third-order valence-corrected chi connectivity index (χ3v) is 3.91. The molecule has 3 rings (SSSR count). The van der Waals surface area contributed by atoms with Gasteiger partial charge in [-0.3, -0.25) is 9.89 Å². The molecule has 0 aliphatic carbocycles. The number of hydrogen-bond acceptors (Lipinski definition) is 3. The summed E-state index contributed by atoms with van der Waals surface area (Å²) < 4.78 is 47.5. The fraction of sp³-hybridized carbons (Fsp3) is 0.111. The average Bonchev–Trinajstić information content (AvgIpc) is 3.18. The molecule has 0 spiro atoms. The van der Waals surface area contributed by atoms with Crippen molar-refractivity contribution in [3.05, 3.63) is 89.0 Å². The molecule has 1 heterocycles. The highest BCUT2D eigenvalue weighted by atomic mass is 19.2. The normalized spacial score (nSPS) is 13.2. The number of amides is 1. The van der Waals surface area contributed by atoms with Crippen LogP contribution >= 0.6 is 0 Å². The topological polar surface area (TPSA) is 67.0 Å². The fourth-order valence-corrected chi connectivity index (χ4v) is 2.65. The summed E-state index contributed by atoms with van der Waals surface area (Å²) in [5.41, 5.74) is -2.10. The van der Waals surface area contributed by atoms with Gasteiger partial charge in [0, 0.05) is 30.5 Å². The van der Waals surface area contributed by atoms with Gasteiger partial charge < -0.3 is 10.1 Å². The molecule has 3 aromatic rings. The Hall–Kier alpha value is -3.13. The lowest BCUT2D eigenvalue weighted by Gasteiger charge is -2.33. The summed E-state index contributed by atoms with van der Waals surface area (Å²) in [5.74, 6) is -4.39. The minimum atomic E-state index is -1.99. The molecule has 5 nitrogen and oxygen atoms in total. The first-order chi connectivity index (χ1) is 12.5. The van der Waals surface area contributed by atoms with Crippen molar-refractivity contribution < 1.29 is 22.7 Å². The van der Waals surface area contributed by atoms with Crippen molar-refractivity contribution in [1.29, 1.82) is 0 Å². The highest BCUT2D eigenvalue weighted by Crippen LogP contribution is 2.33. The third-order valence-electron chi connectivity index (χ3n) is 3.91. The van der Waals surface area contributed by atoms with Crippen molar-refractivity contribution in [3.63, 3.8) is 0 Å². The van der Waals surface area contributed by atoms with Gasteiger partial charge in [-0.05, 0) is 18.2 Å². The zero-order chi connectivity index (χ0) is 18.7. The molecule has 1 unspecified atom stereocenters. The number of aromatic amines is 1. The van der Waals surface area contributed by atoms with E-state index in [1.54, 1.807) is 18.2 Å². The quantitative estimate of drug-likeness (QED) is 0.542. The smallest absolute Gasteiger partial charge is 0.254 e. The molecule has 0 aliphatic heterocycles. The van der Waals surface area contributed by atoms with Crippen molar-refractivity contribution in [2.75, 3.05) is 7.11 Å². The highest BCUT2D eigenvalue weighted by molar-refractivity contribution is 5.94. The molecule has 2 N–H and O–H groups in total. The molecule has 2 aromatic carbocycles. The van der Waals surface area contributed by atoms with Crippen molar-refractivity contribution in [3.8, 4) is 0 Å². The van der Waals surface area contributed by atoms with Gasteiger partial charge >= 0.3 is 0 Å². The molecule has 0 aliphatic rings. The first-order valence-electron chi connectivity index (χ1n) is 7.55. The van der Waals surface area contributed by atoms with Crippen LogP contribution in [0.1, 0.15) is 21.5 Å². The van der Waals surface area contributed by atoms with E-state index in [-0.39, 0.29) is 11.1 Å². The Kier molecular flexibility index (Phi) is 4.77. The van der Waals surface area contributed by atoms with E-state index in [2.05, 4.69) is 15.5 Å². The molecule has 0 bridgehead atoms. The van der Waals surface area contributed by atoms with Crippen LogP contribution in [-0.4, -0.2) is 23.2 Å². The van der Waals surface area contributed by atoms with Gasteiger partial charge in [0.2, 0.25) is 0 Å². The summed E-state index contributed by atoms with van der Waals surface area (Å²) in [6, 6.07) is 9.25. The summed E-state index contributed by atoms with van der Waals surface area (Å²) in [5, 5.41) is 8.78. The molecule has 1 amide bonds. The van der Waals surface area contributed by atoms with Crippen LogP contribution in [0.15, 0.2) is 54.9 Å². The fourth-order valence-electron chi connectivity index (χ4n) is 2.65. The summed E-state index contributed by atoms with van der Waals surface area (Å²) in [4.78, 5) is 12.6. The average molecular weight is 361 g/mol. The maximum atomic E-state index is 14.5. The maximum absolute atomic E-state index is 14.5. The number of ether oxygens (including phenoxy) is 1. The molecule has 0 radical (unpaired) electrons. The molecule has 0 fully saturated rings. The lowest BCUT2D eigenvalue weighted by Crippen LogP contribution is -2.49. The molecule has 8 heteroatoms. The van der Waals surface area contributed by atoms with E-state index in [0.717, 1.165) is 6.07 Å². The predicted molar refractivity (Wildman–Crippen MR) is 86.6 cm³/mol. The third kappa shape index (κ3) is 3.06. The summed E-state index contributed by atoms with van der Waals surface area (Å²) in [7, 11) is 1.18. The van der Waals surface area contributed by atoms with Crippen LogP contribution in [-0.2, 0) is 10.5 Å². The number of carbonyl (C=O) groups is 1. The Morgan fingerprint density at radius 3 is 2.54 bits per heavy atom. The second-order valence-electron chi connectivity index (χ2n) is 5.44. The molecule has 134 valence electrons. The number of carbonyl (C=O) groups excluding carboxylic acids is 1. The zero-order valence-corrected chi connectivity index (χ0v) is 13.6. The van der Waals surface area contributed by atoms with Crippen LogP contribution in [0, 0.1) is 17.5 Å². The van der Waals surface area contributed by atoms with Crippen LogP contribution in [0.3, 0.4) is 0 Å². The predicted octanol–water partition coefficient (Wildman–Crippen LogP) is 3.10. The van der Waals surface area contributed by atoms with E-state index in [4.69, 9.17) is 4.74 Å². The molecular weight excluding hydrogens is 347 g/mol. The number of nitrogens with one attached hydrogen (secondary N) is 2. The second kappa shape index (κ2) is 7.01. The van der Waals surface area contributed by atoms with E-state index in [1.165, 1.54) is 31.6 Å².